The number of rotatable bonds is 8. The molecule has 5 heteroatoms. The fraction of sp³-hybridized carbons (Fsp3) is 0.667. The van der Waals surface area contributed by atoms with E-state index >= 15 is 0 Å². The van der Waals surface area contributed by atoms with Crippen LogP contribution in [-0.2, 0) is 11.2 Å². The van der Waals surface area contributed by atoms with Crippen LogP contribution in [0.5, 0.6) is 11.5 Å². The zero-order valence-electron chi connectivity index (χ0n) is 16.1. The Hall–Kier alpha value is -1.75. The zero-order chi connectivity index (χ0) is 18.4. The molecule has 3 atom stereocenters. The number of nitrogens with one attached hydrogen (secondary N) is 2. The summed E-state index contributed by atoms with van der Waals surface area (Å²) in [6, 6.07) is 6.62. The summed E-state index contributed by atoms with van der Waals surface area (Å²) in [6.45, 7) is 3.30. The van der Waals surface area contributed by atoms with Crippen LogP contribution in [0.25, 0.3) is 0 Å². The highest BCUT2D eigenvalue weighted by molar-refractivity contribution is 5.82. The molecule has 1 aliphatic heterocycles. The summed E-state index contributed by atoms with van der Waals surface area (Å²) >= 11 is 0. The van der Waals surface area contributed by atoms with Crippen LogP contribution >= 0.6 is 0 Å². The number of hydrogen-bond acceptors (Lipinski definition) is 4. The zero-order valence-corrected chi connectivity index (χ0v) is 16.1. The summed E-state index contributed by atoms with van der Waals surface area (Å²) in [4.78, 5) is 12.4. The van der Waals surface area contributed by atoms with Crippen molar-refractivity contribution >= 4 is 5.91 Å². The van der Waals surface area contributed by atoms with Gasteiger partial charge < -0.3 is 20.1 Å². The van der Waals surface area contributed by atoms with E-state index in [0.29, 0.717) is 25.1 Å². The highest BCUT2D eigenvalue weighted by Crippen LogP contribution is 2.33. The number of carbonyl (C=O) groups excluding carboxylic acids is 1. The molecule has 2 fully saturated rings. The normalized spacial score (nSPS) is 24.8. The molecule has 26 heavy (non-hydrogen) atoms. The van der Waals surface area contributed by atoms with Gasteiger partial charge in [-0.05, 0) is 62.6 Å². The van der Waals surface area contributed by atoms with Gasteiger partial charge in [-0.3, -0.25) is 4.79 Å². The maximum absolute atomic E-state index is 12.4. The predicted octanol–water partition coefficient (Wildman–Crippen LogP) is 3.06. The molecule has 3 rings (SSSR count). The minimum Gasteiger partial charge on any atom is -0.493 e. The van der Waals surface area contributed by atoms with E-state index in [1.807, 2.05) is 19.1 Å². The van der Waals surface area contributed by atoms with Crippen LogP contribution in [0.1, 0.15) is 51.0 Å². The van der Waals surface area contributed by atoms with E-state index in [-0.39, 0.29) is 11.9 Å². The molecule has 1 saturated heterocycles. The predicted molar refractivity (Wildman–Crippen MR) is 103 cm³/mol. The van der Waals surface area contributed by atoms with E-state index in [1.165, 1.54) is 31.2 Å². The molecule has 0 aromatic heterocycles. The van der Waals surface area contributed by atoms with E-state index in [9.17, 15) is 4.79 Å². The summed E-state index contributed by atoms with van der Waals surface area (Å²) in [5.74, 6) is 2.42. The van der Waals surface area contributed by atoms with E-state index in [4.69, 9.17) is 9.47 Å². The highest BCUT2D eigenvalue weighted by atomic mass is 16.5. The van der Waals surface area contributed by atoms with Gasteiger partial charge in [0, 0.05) is 12.6 Å². The van der Waals surface area contributed by atoms with Crippen LogP contribution in [0, 0.1) is 5.92 Å². The van der Waals surface area contributed by atoms with Crippen LogP contribution in [0.15, 0.2) is 18.2 Å². The quantitative estimate of drug-likeness (QED) is 0.700. The minimum absolute atomic E-state index is 0.00800. The number of ether oxygens (including phenoxy) is 2. The van der Waals surface area contributed by atoms with Crippen molar-refractivity contribution in [3.8, 4) is 11.5 Å². The summed E-state index contributed by atoms with van der Waals surface area (Å²) in [6.07, 6.45) is 7.97. The van der Waals surface area contributed by atoms with Gasteiger partial charge in [0.15, 0.2) is 11.5 Å². The van der Waals surface area contributed by atoms with Crippen molar-refractivity contribution in [2.24, 2.45) is 5.92 Å². The second-order valence-electron chi connectivity index (χ2n) is 7.42. The Labute approximate surface area is 156 Å². The second-order valence-corrected chi connectivity index (χ2v) is 7.42. The lowest BCUT2D eigenvalue weighted by atomic mass is 9.85. The lowest BCUT2D eigenvalue weighted by molar-refractivity contribution is -0.122. The molecule has 2 N–H and O–H groups in total. The van der Waals surface area contributed by atoms with Crippen LogP contribution in [0.3, 0.4) is 0 Å². The number of aryl methyl sites for hydroxylation is 1. The first-order valence-corrected chi connectivity index (χ1v) is 10.0. The van der Waals surface area contributed by atoms with Crippen LogP contribution in [0.4, 0.5) is 0 Å². The van der Waals surface area contributed by atoms with E-state index < -0.39 is 0 Å². The minimum atomic E-state index is 0.00800. The largest absolute Gasteiger partial charge is 0.493 e. The van der Waals surface area contributed by atoms with Crippen molar-refractivity contribution in [3.63, 3.8) is 0 Å². The highest BCUT2D eigenvalue weighted by Gasteiger charge is 2.37. The molecule has 1 amide bonds. The Balaban J connectivity index is 1.41. The first kappa shape index (κ1) is 19.0. The Bertz CT molecular complexity index is 591. The Morgan fingerprint density at radius 2 is 2.12 bits per heavy atom. The molecule has 5 nitrogen and oxygen atoms in total. The topological polar surface area (TPSA) is 59.6 Å². The van der Waals surface area contributed by atoms with Gasteiger partial charge in [-0.15, -0.1) is 0 Å². The average Bonchev–Trinajstić information content (AvgIpc) is 3.10. The number of carbonyl (C=O) groups is 1. The average molecular weight is 360 g/mol. The lowest BCUT2D eigenvalue weighted by Crippen LogP contribution is -2.43. The Morgan fingerprint density at radius 1 is 1.27 bits per heavy atom. The second kappa shape index (κ2) is 9.26. The third-order valence-corrected chi connectivity index (χ3v) is 5.65. The van der Waals surface area contributed by atoms with Gasteiger partial charge in [0.1, 0.15) is 0 Å². The van der Waals surface area contributed by atoms with Crippen LogP contribution in [0.2, 0.25) is 0 Å². The van der Waals surface area contributed by atoms with E-state index in [1.54, 1.807) is 7.11 Å². The molecule has 1 aromatic carbocycles. The number of fused-ring (bicyclic) bond motifs is 1. The number of benzene rings is 1. The smallest absolute Gasteiger partial charge is 0.237 e. The van der Waals surface area contributed by atoms with Crippen molar-refractivity contribution in [2.75, 3.05) is 20.3 Å². The number of amides is 1. The third kappa shape index (κ3) is 4.70. The molecule has 1 heterocycles. The number of methoxy groups -OCH3 is 1. The summed E-state index contributed by atoms with van der Waals surface area (Å²) in [5, 5.41) is 6.65. The standard InChI is InChI=1S/C21H32N2O3/c1-3-26-20-13-15(10-11-19(20)25-2)7-6-12-22-21(24)18-14-16-8-4-5-9-17(16)23-18/h10-11,13,16-18,23H,3-9,12,14H2,1-2H3,(H,22,24). The van der Waals surface area contributed by atoms with Crippen molar-refractivity contribution in [3.05, 3.63) is 23.8 Å². The molecule has 2 aliphatic rings. The maximum Gasteiger partial charge on any atom is 0.237 e. The Kier molecular flexibility index (Phi) is 6.78. The first-order valence-electron chi connectivity index (χ1n) is 10.0. The van der Waals surface area contributed by atoms with Crippen LogP contribution < -0.4 is 20.1 Å². The first-order chi connectivity index (χ1) is 12.7. The van der Waals surface area contributed by atoms with Crippen molar-refractivity contribution in [2.45, 2.75) is 64.0 Å². The van der Waals surface area contributed by atoms with Gasteiger partial charge in [0.2, 0.25) is 5.91 Å². The fourth-order valence-electron chi connectivity index (χ4n) is 4.29. The third-order valence-electron chi connectivity index (χ3n) is 5.65. The van der Waals surface area contributed by atoms with Gasteiger partial charge in [-0.2, -0.15) is 0 Å². The number of hydrogen-bond donors (Lipinski definition) is 2. The van der Waals surface area contributed by atoms with E-state index in [0.717, 1.165) is 30.8 Å². The molecule has 144 valence electrons. The van der Waals surface area contributed by atoms with Crippen molar-refractivity contribution in [1.29, 1.82) is 0 Å². The fourth-order valence-corrected chi connectivity index (χ4v) is 4.29. The van der Waals surface area contributed by atoms with Gasteiger partial charge in [-0.25, -0.2) is 0 Å². The molecule has 1 aliphatic carbocycles. The van der Waals surface area contributed by atoms with Crippen molar-refractivity contribution < 1.29 is 14.3 Å². The molecule has 1 saturated carbocycles. The monoisotopic (exact) mass is 360 g/mol. The van der Waals surface area contributed by atoms with Gasteiger partial charge in [-0.1, -0.05) is 18.9 Å². The van der Waals surface area contributed by atoms with Gasteiger partial charge in [0.05, 0.1) is 19.8 Å². The molecule has 0 radical (unpaired) electrons. The van der Waals surface area contributed by atoms with Crippen LogP contribution in [-0.4, -0.2) is 38.3 Å². The summed E-state index contributed by atoms with van der Waals surface area (Å²) < 4.78 is 10.9. The molecule has 0 bridgehead atoms. The summed E-state index contributed by atoms with van der Waals surface area (Å²) in [7, 11) is 1.65. The molecule has 0 spiro atoms. The molecular formula is C21H32N2O3. The van der Waals surface area contributed by atoms with Gasteiger partial charge in [0.25, 0.3) is 0 Å². The molecule has 1 aromatic rings. The lowest BCUT2D eigenvalue weighted by Gasteiger charge is -2.24. The van der Waals surface area contributed by atoms with E-state index in [2.05, 4.69) is 16.7 Å². The Morgan fingerprint density at radius 3 is 2.88 bits per heavy atom. The maximum atomic E-state index is 12.4. The van der Waals surface area contributed by atoms with Crippen molar-refractivity contribution in [1.82, 2.24) is 10.6 Å². The SMILES string of the molecule is CCOc1cc(CCCNC(=O)C2CC3CCCCC3N2)ccc1OC. The molecular weight excluding hydrogens is 328 g/mol. The molecule has 3 unspecified atom stereocenters. The summed E-state index contributed by atoms with van der Waals surface area (Å²) in [5.41, 5.74) is 1.20. The van der Waals surface area contributed by atoms with Gasteiger partial charge >= 0.3 is 0 Å².